The molecule has 0 spiro atoms. The zero-order valence-electron chi connectivity index (χ0n) is 12.4. The van der Waals surface area contributed by atoms with Gasteiger partial charge in [-0.2, -0.15) is 0 Å². The van der Waals surface area contributed by atoms with E-state index in [1.54, 1.807) is 20.8 Å². The van der Waals surface area contributed by atoms with Crippen molar-refractivity contribution in [1.29, 1.82) is 0 Å². The Hall–Kier alpha value is -2.22. The van der Waals surface area contributed by atoms with E-state index in [4.69, 9.17) is 31.9 Å². The van der Waals surface area contributed by atoms with E-state index in [0.717, 1.165) is 0 Å². The fourth-order valence-corrected chi connectivity index (χ4v) is 1.49. The molecule has 0 saturated heterocycles. The maximum Gasteiger partial charge on any atom is 0.408 e. The Kier molecular flexibility index (Phi) is 5.81. The molecule has 1 atom stereocenters. The predicted molar refractivity (Wildman–Crippen MR) is 79.9 cm³/mol. The summed E-state index contributed by atoms with van der Waals surface area (Å²) in [6.07, 6.45) is 0.429. The van der Waals surface area contributed by atoms with Crippen LogP contribution in [0.15, 0.2) is 12.3 Å². The Morgan fingerprint density at radius 2 is 2.14 bits per heavy atom. The fraction of sp³-hybridized carbons (Fsp3) is 0.462. The number of ether oxygens (including phenoxy) is 2. The predicted octanol–water partition coefficient (Wildman–Crippen LogP) is 1.67. The Bertz CT molecular complexity index is 559. The number of anilines is 1. The monoisotopic (exact) mass is 331 g/mol. The fourth-order valence-electron chi connectivity index (χ4n) is 1.35. The minimum absolute atomic E-state index is 0.149. The van der Waals surface area contributed by atoms with Gasteiger partial charge in [0.1, 0.15) is 23.1 Å². The highest BCUT2D eigenvalue weighted by molar-refractivity contribution is 6.29. The van der Waals surface area contributed by atoms with Gasteiger partial charge in [0.15, 0.2) is 6.04 Å². The molecule has 0 aromatic carbocycles. The van der Waals surface area contributed by atoms with E-state index >= 15 is 0 Å². The van der Waals surface area contributed by atoms with Gasteiger partial charge in [0, 0.05) is 6.07 Å². The summed E-state index contributed by atoms with van der Waals surface area (Å²) in [5.41, 5.74) is 5.09. The molecule has 0 radical (unpaired) electrons. The second kappa shape index (κ2) is 7.17. The van der Waals surface area contributed by atoms with Crippen molar-refractivity contribution in [2.45, 2.75) is 32.4 Å². The number of nitrogens with zero attached hydrogens (tertiary/aromatic N) is 1. The van der Waals surface area contributed by atoms with E-state index in [1.807, 2.05) is 0 Å². The van der Waals surface area contributed by atoms with Crippen LogP contribution in [0.4, 0.5) is 10.5 Å². The number of carboxylic acids is 1. The van der Waals surface area contributed by atoms with Crippen molar-refractivity contribution in [3.8, 4) is 5.75 Å². The molecule has 22 heavy (non-hydrogen) atoms. The average molecular weight is 332 g/mol. The second-order valence-electron chi connectivity index (χ2n) is 5.39. The van der Waals surface area contributed by atoms with E-state index in [-0.39, 0.29) is 23.2 Å². The zero-order valence-corrected chi connectivity index (χ0v) is 13.2. The van der Waals surface area contributed by atoms with Crippen molar-refractivity contribution in [1.82, 2.24) is 10.3 Å². The topological polar surface area (TPSA) is 124 Å². The van der Waals surface area contributed by atoms with Gasteiger partial charge in [0.05, 0.1) is 11.9 Å². The first kappa shape index (κ1) is 17.8. The van der Waals surface area contributed by atoms with E-state index in [0.29, 0.717) is 0 Å². The van der Waals surface area contributed by atoms with Crippen molar-refractivity contribution in [2.24, 2.45) is 0 Å². The molecule has 9 heteroatoms. The number of nitrogen functional groups attached to an aromatic ring is 1. The number of aromatic nitrogens is 1. The van der Waals surface area contributed by atoms with Crippen LogP contribution >= 0.6 is 11.6 Å². The van der Waals surface area contributed by atoms with Gasteiger partial charge in [-0.05, 0) is 20.8 Å². The molecule has 1 aromatic heterocycles. The lowest BCUT2D eigenvalue weighted by Crippen LogP contribution is -2.46. The van der Waals surface area contributed by atoms with Crippen LogP contribution in [0, 0.1) is 0 Å². The molecular weight excluding hydrogens is 314 g/mol. The van der Waals surface area contributed by atoms with Gasteiger partial charge in [0.2, 0.25) is 0 Å². The van der Waals surface area contributed by atoms with E-state index < -0.39 is 23.7 Å². The molecule has 0 aliphatic heterocycles. The minimum atomic E-state index is -1.30. The van der Waals surface area contributed by atoms with Crippen molar-refractivity contribution in [3.05, 3.63) is 17.4 Å². The smallest absolute Gasteiger partial charge is 0.408 e. The largest absolute Gasteiger partial charge is 0.488 e. The van der Waals surface area contributed by atoms with Crippen molar-refractivity contribution < 1.29 is 24.2 Å². The highest BCUT2D eigenvalue weighted by Crippen LogP contribution is 2.23. The molecular formula is C13H18ClN3O5. The third kappa shape index (κ3) is 6.04. The van der Waals surface area contributed by atoms with Gasteiger partial charge in [-0.15, -0.1) is 0 Å². The van der Waals surface area contributed by atoms with Gasteiger partial charge < -0.3 is 25.6 Å². The average Bonchev–Trinajstić information content (AvgIpc) is 2.35. The molecule has 0 fully saturated rings. The molecule has 1 heterocycles. The van der Waals surface area contributed by atoms with Crippen molar-refractivity contribution >= 4 is 29.4 Å². The van der Waals surface area contributed by atoms with Crippen LogP contribution in [0.5, 0.6) is 5.75 Å². The van der Waals surface area contributed by atoms with Crippen LogP contribution in [-0.2, 0) is 9.53 Å². The summed E-state index contributed by atoms with van der Waals surface area (Å²) in [4.78, 5) is 26.5. The highest BCUT2D eigenvalue weighted by atomic mass is 35.5. The van der Waals surface area contributed by atoms with Gasteiger partial charge in [-0.25, -0.2) is 14.6 Å². The molecule has 1 amide bonds. The van der Waals surface area contributed by atoms with Crippen molar-refractivity contribution in [3.63, 3.8) is 0 Å². The summed E-state index contributed by atoms with van der Waals surface area (Å²) in [6, 6.07) is 0.0460. The summed E-state index contributed by atoms with van der Waals surface area (Å²) in [7, 11) is 0. The van der Waals surface area contributed by atoms with Crippen LogP contribution in [0.2, 0.25) is 5.15 Å². The highest BCUT2D eigenvalue weighted by Gasteiger charge is 2.24. The number of nitrogens with two attached hydrogens (primary N) is 1. The lowest BCUT2D eigenvalue weighted by molar-refractivity contribution is -0.140. The van der Waals surface area contributed by atoms with Crippen LogP contribution in [0.3, 0.4) is 0 Å². The van der Waals surface area contributed by atoms with Gasteiger partial charge >= 0.3 is 12.1 Å². The van der Waals surface area contributed by atoms with Gasteiger partial charge in [-0.3, -0.25) is 0 Å². The van der Waals surface area contributed by atoms with Gasteiger partial charge in [-0.1, -0.05) is 11.6 Å². The Labute approximate surface area is 132 Å². The number of alkyl carbamates (subject to hydrolysis) is 1. The number of halogens is 1. The summed E-state index contributed by atoms with van der Waals surface area (Å²) >= 11 is 5.70. The maximum atomic E-state index is 11.6. The summed E-state index contributed by atoms with van der Waals surface area (Å²) in [5.74, 6) is -1.10. The molecule has 8 nitrogen and oxygen atoms in total. The molecule has 0 aliphatic carbocycles. The van der Waals surface area contributed by atoms with Gasteiger partial charge in [0.25, 0.3) is 0 Å². The SMILES string of the molecule is CC(C)(C)OC(=O)N[C@@H](COc1cc(Cl)ncc1N)C(=O)O. The molecule has 0 bridgehead atoms. The molecule has 0 unspecified atom stereocenters. The number of rotatable bonds is 5. The molecule has 1 aromatic rings. The minimum Gasteiger partial charge on any atom is -0.488 e. The number of carbonyl (C=O) groups excluding carboxylic acids is 1. The lowest BCUT2D eigenvalue weighted by atomic mass is 10.2. The van der Waals surface area contributed by atoms with Crippen LogP contribution < -0.4 is 15.8 Å². The first-order valence-electron chi connectivity index (χ1n) is 6.34. The molecule has 1 rings (SSSR count). The van der Waals surface area contributed by atoms with Crippen LogP contribution in [-0.4, -0.2) is 40.4 Å². The van der Waals surface area contributed by atoms with E-state index in [2.05, 4.69) is 10.3 Å². The molecule has 4 N–H and O–H groups in total. The first-order chi connectivity index (χ1) is 10.1. The van der Waals surface area contributed by atoms with E-state index in [1.165, 1.54) is 12.3 Å². The molecule has 122 valence electrons. The summed E-state index contributed by atoms with van der Waals surface area (Å²) in [6.45, 7) is 4.65. The number of hydrogen-bond donors (Lipinski definition) is 3. The first-order valence-corrected chi connectivity index (χ1v) is 6.72. The zero-order chi connectivity index (χ0) is 16.9. The number of hydrogen-bond acceptors (Lipinski definition) is 6. The number of carbonyl (C=O) groups is 2. The number of pyridine rings is 1. The molecule has 0 saturated carbocycles. The van der Waals surface area contributed by atoms with Crippen LogP contribution in [0.1, 0.15) is 20.8 Å². The Morgan fingerprint density at radius 3 is 2.68 bits per heavy atom. The normalized spacial score (nSPS) is 12.4. The number of aliphatic carboxylic acids is 1. The maximum absolute atomic E-state index is 11.6. The lowest BCUT2D eigenvalue weighted by Gasteiger charge is -2.22. The number of nitrogens with one attached hydrogen (secondary N) is 1. The third-order valence-electron chi connectivity index (χ3n) is 2.26. The number of amides is 1. The summed E-state index contributed by atoms with van der Waals surface area (Å²) < 4.78 is 10.3. The molecule has 0 aliphatic rings. The quantitative estimate of drug-likeness (QED) is 0.701. The summed E-state index contributed by atoms with van der Waals surface area (Å²) in [5, 5.41) is 11.5. The Balaban J connectivity index is 2.67. The standard InChI is InChI=1S/C13H18ClN3O5/c1-13(2,3)22-12(20)17-8(11(18)19)6-21-9-4-10(14)16-5-7(9)15/h4-5,8H,6,15H2,1-3H3,(H,17,20)(H,18,19)/t8-/m0/s1. The third-order valence-corrected chi connectivity index (χ3v) is 2.46. The van der Waals surface area contributed by atoms with Crippen molar-refractivity contribution in [2.75, 3.05) is 12.3 Å². The Morgan fingerprint density at radius 1 is 1.50 bits per heavy atom. The van der Waals surface area contributed by atoms with Crippen LogP contribution in [0.25, 0.3) is 0 Å². The number of carboxylic acid groups (broad SMARTS) is 1. The van der Waals surface area contributed by atoms with E-state index in [9.17, 15) is 9.59 Å². The second-order valence-corrected chi connectivity index (χ2v) is 5.78.